The van der Waals surface area contributed by atoms with Crippen LogP contribution in [0.3, 0.4) is 0 Å². The van der Waals surface area contributed by atoms with Gasteiger partial charge in [0.15, 0.2) is 0 Å². The van der Waals surface area contributed by atoms with Gasteiger partial charge in [-0.3, -0.25) is 9.32 Å². The number of hydrogen-bond donors (Lipinski definition) is 6. The number of nitrogens with one attached hydrogen (secondary N) is 3. The minimum atomic E-state index is -4.58. The summed E-state index contributed by atoms with van der Waals surface area (Å²) in [6.45, 7) is 9.65. The average Bonchev–Trinajstić information content (AvgIpc) is 3.08. The molecule has 2 rings (SSSR count). The molecule has 0 fully saturated rings. The van der Waals surface area contributed by atoms with E-state index >= 15 is 0 Å². The number of aliphatic hydroxyl groups is 1. The van der Waals surface area contributed by atoms with Crippen LogP contribution >= 0.6 is 7.82 Å². The Morgan fingerprint density at radius 1 is 1.25 bits per heavy atom. The Kier molecular flexibility index (Phi) is 10.5. The van der Waals surface area contributed by atoms with E-state index in [0.29, 0.717) is 16.6 Å². The fourth-order valence-corrected chi connectivity index (χ4v) is 2.80. The van der Waals surface area contributed by atoms with E-state index in [-0.39, 0.29) is 25.3 Å². The largest absolute Gasteiger partial charge is 0.469 e. The minimum Gasteiger partial charge on any atom is -0.395 e. The molecule has 0 aliphatic heterocycles. The molecule has 1 unspecified atom stereocenters. The number of fused-ring (bicyclic) bond motifs is 1. The second kappa shape index (κ2) is 12.1. The van der Waals surface area contributed by atoms with Gasteiger partial charge in [0.25, 0.3) is 5.56 Å². The summed E-state index contributed by atoms with van der Waals surface area (Å²) < 4.78 is 14.9. The summed E-state index contributed by atoms with van der Waals surface area (Å²) in [4.78, 5) is 40.4. The first-order valence-electron chi connectivity index (χ1n) is 9.05. The number of aliphatic hydroxyl groups excluding tert-OH is 1. The van der Waals surface area contributed by atoms with Gasteiger partial charge in [-0.05, 0) is 19.6 Å². The highest BCUT2D eigenvalue weighted by atomic mass is 31.2. The van der Waals surface area contributed by atoms with Gasteiger partial charge >= 0.3 is 7.82 Å². The zero-order valence-corrected chi connectivity index (χ0v) is 17.3. The maximum atomic E-state index is 11.5. The van der Waals surface area contributed by atoms with E-state index in [1.807, 2.05) is 0 Å². The number of H-pyrrole nitrogens is 2. The van der Waals surface area contributed by atoms with Gasteiger partial charge in [-0.1, -0.05) is 20.8 Å². The Hall–Kier alpha value is -1.59. The molecule has 12 heteroatoms. The van der Waals surface area contributed by atoms with E-state index in [4.69, 9.17) is 14.9 Å². The van der Waals surface area contributed by atoms with Crippen molar-refractivity contribution >= 4 is 18.9 Å². The molecule has 0 saturated heterocycles. The van der Waals surface area contributed by atoms with Crippen molar-refractivity contribution in [3.05, 3.63) is 28.4 Å². The molecule has 0 aliphatic rings. The van der Waals surface area contributed by atoms with Gasteiger partial charge in [-0.25, -0.2) is 9.55 Å². The Balaban J connectivity index is 0.000000480. The van der Waals surface area contributed by atoms with Gasteiger partial charge in [0, 0.05) is 18.3 Å². The molecule has 11 nitrogen and oxygen atoms in total. The Morgan fingerprint density at radius 3 is 2.39 bits per heavy atom. The van der Waals surface area contributed by atoms with Crippen LogP contribution in [0.15, 0.2) is 17.3 Å². The summed E-state index contributed by atoms with van der Waals surface area (Å²) >= 11 is 0. The molecule has 0 bridgehead atoms. The third-order valence-electron chi connectivity index (χ3n) is 4.14. The Morgan fingerprint density at radius 2 is 1.89 bits per heavy atom. The normalized spacial score (nSPS) is 12.8. The molecule has 2 aromatic heterocycles. The van der Waals surface area contributed by atoms with Gasteiger partial charge in [0.1, 0.15) is 5.52 Å². The van der Waals surface area contributed by atoms with Crippen molar-refractivity contribution in [1.29, 1.82) is 0 Å². The van der Waals surface area contributed by atoms with Crippen LogP contribution in [0, 0.1) is 0 Å². The average molecular weight is 419 g/mol. The number of phosphoric acid groups is 1. The van der Waals surface area contributed by atoms with Gasteiger partial charge in [-0.15, -0.1) is 0 Å². The van der Waals surface area contributed by atoms with Crippen molar-refractivity contribution in [3.8, 4) is 0 Å². The van der Waals surface area contributed by atoms with E-state index < -0.39 is 13.9 Å². The predicted molar refractivity (Wildman–Crippen MR) is 106 cm³/mol. The third-order valence-corrected chi connectivity index (χ3v) is 4.62. The topological polar surface area (TPSA) is 164 Å². The smallest absolute Gasteiger partial charge is 0.395 e. The number of aromatic amines is 2. The molecule has 0 amide bonds. The number of phosphoric ester groups is 1. The lowest BCUT2D eigenvalue weighted by molar-refractivity contribution is 0.145. The lowest BCUT2D eigenvalue weighted by Crippen LogP contribution is -2.36. The SMILES string of the molecule is CCN(CC)CC.O=c1[nH]cnc2c(CNC(CO)COP(=O)(O)O)c[nH]c12. The number of rotatable bonds is 10. The van der Waals surface area contributed by atoms with Crippen LogP contribution in [-0.2, 0) is 15.6 Å². The third kappa shape index (κ3) is 8.19. The highest BCUT2D eigenvalue weighted by Gasteiger charge is 2.18. The maximum Gasteiger partial charge on any atom is 0.469 e. The van der Waals surface area contributed by atoms with Crippen molar-refractivity contribution in [2.45, 2.75) is 33.4 Å². The highest BCUT2D eigenvalue weighted by Crippen LogP contribution is 2.35. The molecular formula is C16H30N5O6P. The highest BCUT2D eigenvalue weighted by molar-refractivity contribution is 7.46. The Labute approximate surface area is 163 Å². The second-order valence-corrected chi connectivity index (χ2v) is 7.17. The van der Waals surface area contributed by atoms with Crippen molar-refractivity contribution in [1.82, 2.24) is 25.2 Å². The van der Waals surface area contributed by atoms with Crippen LogP contribution in [-0.4, -0.2) is 73.6 Å². The molecular weight excluding hydrogens is 389 g/mol. The van der Waals surface area contributed by atoms with Gasteiger partial charge in [0.05, 0.1) is 31.1 Å². The van der Waals surface area contributed by atoms with E-state index in [1.54, 1.807) is 6.20 Å². The fourth-order valence-electron chi connectivity index (χ4n) is 2.43. The molecule has 28 heavy (non-hydrogen) atoms. The molecule has 0 radical (unpaired) electrons. The molecule has 6 N–H and O–H groups in total. The van der Waals surface area contributed by atoms with Crippen molar-refractivity contribution in [3.63, 3.8) is 0 Å². The van der Waals surface area contributed by atoms with Crippen molar-refractivity contribution < 1.29 is 24.0 Å². The molecule has 0 saturated carbocycles. The first-order valence-corrected chi connectivity index (χ1v) is 10.6. The van der Waals surface area contributed by atoms with Crippen LogP contribution in [0.4, 0.5) is 0 Å². The minimum absolute atomic E-state index is 0.242. The second-order valence-electron chi connectivity index (χ2n) is 5.94. The van der Waals surface area contributed by atoms with Crippen molar-refractivity contribution in [2.24, 2.45) is 0 Å². The standard InChI is InChI=1S/C10H15N4O6P.C6H15N/c15-3-7(4-20-21(17,18)19)11-1-6-2-12-9-8(6)13-5-14-10(9)16;1-4-7(5-2)6-3/h2,5,7,11-12,15H,1,3-4H2,(H,13,14,16)(H2,17,18,19);4-6H2,1-3H3. The molecule has 160 valence electrons. The van der Waals surface area contributed by atoms with Crippen LogP contribution in [0.5, 0.6) is 0 Å². The van der Waals surface area contributed by atoms with Crippen LogP contribution in [0.25, 0.3) is 11.0 Å². The molecule has 0 spiro atoms. The van der Waals surface area contributed by atoms with E-state index in [0.717, 1.165) is 0 Å². The zero-order chi connectivity index (χ0) is 21.2. The van der Waals surface area contributed by atoms with Crippen molar-refractivity contribution in [2.75, 3.05) is 32.8 Å². The van der Waals surface area contributed by atoms with Gasteiger partial charge in [0.2, 0.25) is 0 Å². The summed E-state index contributed by atoms with van der Waals surface area (Å²) in [5.41, 5.74) is 1.21. The maximum absolute atomic E-state index is 11.5. The van der Waals surface area contributed by atoms with Crippen LogP contribution < -0.4 is 10.9 Å². The number of nitrogens with zero attached hydrogens (tertiary/aromatic N) is 2. The molecule has 1 atom stereocenters. The predicted octanol–water partition coefficient (Wildman–Crippen LogP) is 0.159. The summed E-state index contributed by atoms with van der Waals surface area (Å²) in [7, 11) is -4.58. The Bertz CT molecular complexity index is 795. The van der Waals surface area contributed by atoms with Crippen LogP contribution in [0.1, 0.15) is 26.3 Å². The van der Waals surface area contributed by atoms with E-state index in [1.165, 1.54) is 26.0 Å². The first kappa shape index (κ1) is 24.4. The summed E-state index contributed by atoms with van der Waals surface area (Å²) in [5.74, 6) is 0. The zero-order valence-electron chi connectivity index (χ0n) is 16.4. The fraction of sp³-hybridized carbons (Fsp3) is 0.625. The van der Waals surface area contributed by atoms with E-state index in [2.05, 4.69) is 50.5 Å². The van der Waals surface area contributed by atoms with Gasteiger partial charge < -0.3 is 35.1 Å². The molecule has 0 aliphatic carbocycles. The molecule has 2 heterocycles. The number of aromatic nitrogens is 3. The lowest BCUT2D eigenvalue weighted by Gasteiger charge is -2.16. The summed E-state index contributed by atoms with van der Waals surface area (Å²) in [6, 6.07) is -0.662. The lowest BCUT2D eigenvalue weighted by atomic mass is 10.2. The van der Waals surface area contributed by atoms with E-state index in [9.17, 15) is 9.36 Å². The van der Waals surface area contributed by atoms with Crippen LogP contribution in [0.2, 0.25) is 0 Å². The number of hydrogen-bond acceptors (Lipinski definition) is 7. The quantitative estimate of drug-likeness (QED) is 0.294. The molecule has 2 aromatic rings. The summed E-state index contributed by atoms with van der Waals surface area (Å²) in [6.07, 6.45) is 2.88. The van der Waals surface area contributed by atoms with Gasteiger partial charge in [-0.2, -0.15) is 0 Å². The first-order chi connectivity index (χ1) is 13.3. The monoisotopic (exact) mass is 419 g/mol. The molecule has 0 aromatic carbocycles. The summed E-state index contributed by atoms with van der Waals surface area (Å²) in [5, 5.41) is 12.0.